The summed E-state index contributed by atoms with van der Waals surface area (Å²) in [5, 5.41) is 0. The van der Waals surface area contributed by atoms with Crippen molar-refractivity contribution in [1.29, 1.82) is 0 Å². The zero-order valence-corrected chi connectivity index (χ0v) is 20.2. The second-order valence-corrected chi connectivity index (χ2v) is 7.69. The molecule has 0 fully saturated rings. The van der Waals surface area contributed by atoms with Crippen LogP contribution in [0.15, 0.2) is 79.9 Å². The normalized spacial score (nSPS) is 10.0. The lowest BCUT2D eigenvalue weighted by Gasteiger charge is -2.18. The van der Waals surface area contributed by atoms with Crippen LogP contribution in [0.3, 0.4) is 0 Å². The molecule has 2 aromatic carbocycles. The Labute approximate surface area is 205 Å². The van der Waals surface area contributed by atoms with Crippen molar-refractivity contribution in [3.8, 4) is 28.4 Å². The van der Waals surface area contributed by atoms with E-state index >= 15 is 0 Å². The van der Waals surface area contributed by atoms with Crippen molar-refractivity contribution in [3.05, 3.63) is 91.1 Å². The van der Waals surface area contributed by atoms with Gasteiger partial charge in [0.25, 0.3) is 0 Å². The maximum absolute atomic E-state index is 12.5. The van der Waals surface area contributed by atoms with Crippen molar-refractivity contribution >= 4 is 30.1 Å². The molecule has 6 nitrogen and oxygen atoms in total. The number of benzene rings is 2. The average Bonchev–Trinajstić information content (AvgIpc) is 2.83. The molecule has 0 radical (unpaired) electrons. The van der Waals surface area contributed by atoms with Gasteiger partial charge in [0.1, 0.15) is 17.2 Å². The molecule has 0 atom stereocenters. The summed E-state index contributed by atoms with van der Waals surface area (Å²) in [4.78, 5) is 36.6. The third-order valence-electron chi connectivity index (χ3n) is 4.93. The Morgan fingerprint density at radius 1 is 0.743 bits per heavy atom. The van der Waals surface area contributed by atoms with Crippen LogP contribution >= 0.6 is 0 Å². The van der Waals surface area contributed by atoms with Gasteiger partial charge >= 0.3 is 17.9 Å². The molecule has 0 heterocycles. The first-order valence-corrected chi connectivity index (χ1v) is 10.8. The van der Waals surface area contributed by atoms with Gasteiger partial charge in [-0.3, -0.25) is 0 Å². The number of hydrogen-bond donors (Lipinski definition) is 0. The summed E-state index contributed by atoms with van der Waals surface area (Å²) in [5.74, 6) is -1.22. The van der Waals surface area contributed by atoms with Gasteiger partial charge in [0, 0.05) is 33.9 Å². The van der Waals surface area contributed by atoms with Gasteiger partial charge in [-0.05, 0) is 55.7 Å². The molecule has 0 amide bonds. The molecular weight excluding hydrogens is 444 g/mol. The van der Waals surface area contributed by atoms with Crippen molar-refractivity contribution in [2.24, 2.45) is 0 Å². The summed E-state index contributed by atoms with van der Waals surface area (Å²) in [7, 11) is 0. The highest BCUT2D eigenvalue weighted by Crippen LogP contribution is 2.40. The van der Waals surface area contributed by atoms with Crippen molar-refractivity contribution in [3.63, 3.8) is 0 Å². The predicted molar refractivity (Wildman–Crippen MR) is 138 cm³/mol. The van der Waals surface area contributed by atoms with Crippen LogP contribution in [0.25, 0.3) is 23.3 Å². The lowest BCUT2D eigenvalue weighted by atomic mass is 9.93. The summed E-state index contributed by atoms with van der Waals surface area (Å²) in [6.45, 7) is 23.5. The van der Waals surface area contributed by atoms with E-state index in [9.17, 15) is 14.4 Å². The zero-order valence-electron chi connectivity index (χ0n) is 20.2. The van der Waals surface area contributed by atoms with E-state index in [-0.39, 0.29) is 34.0 Å². The number of hydrogen-bond acceptors (Lipinski definition) is 6. The summed E-state index contributed by atoms with van der Waals surface area (Å²) in [5.41, 5.74) is 2.97. The van der Waals surface area contributed by atoms with E-state index in [4.69, 9.17) is 14.2 Å². The van der Waals surface area contributed by atoms with E-state index in [1.54, 1.807) is 44.2 Å². The minimum Gasteiger partial charge on any atom is -0.423 e. The zero-order chi connectivity index (χ0) is 26.3. The molecule has 0 bridgehead atoms. The molecule has 0 aliphatic heterocycles. The van der Waals surface area contributed by atoms with Crippen molar-refractivity contribution in [1.82, 2.24) is 0 Å². The average molecular weight is 473 g/mol. The van der Waals surface area contributed by atoms with Crippen molar-refractivity contribution in [2.75, 3.05) is 0 Å². The summed E-state index contributed by atoms with van der Waals surface area (Å²) in [6.07, 6.45) is 3.52. The highest BCUT2D eigenvalue weighted by Gasteiger charge is 2.20. The first-order valence-electron chi connectivity index (χ1n) is 10.8. The number of carbonyl (C=O) groups is 3. The van der Waals surface area contributed by atoms with Crippen LogP contribution in [-0.2, 0) is 14.4 Å². The second kappa shape index (κ2) is 11.6. The van der Waals surface area contributed by atoms with Gasteiger partial charge in [0.05, 0.1) is 0 Å². The van der Waals surface area contributed by atoms with Gasteiger partial charge in [-0.1, -0.05) is 52.0 Å². The summed E-state index contributed by atoms with van der Waals surface area (Å²) >= 11 is 0. The van der Waals surface area contributed by atoms with Gasteiger partial charge in [-0.2, -0.15) is 0 Å². The number of carbonyl (C=O) groups excluding carboxylic acids is 3. The fourth-order valence-corrected chi connectivity index (χ4v) is 2.94. The molecular formula is C29H28O6. The van der Waals surface area contributed by atoms with E-state index in [1.807, 2.05) is 0 Å². The van der Waals surface area contributed by atoms with Gasteiger partial charge in [-0.15, -0.1) is 0 Å². The van der Waals surface area contributed by atoms with Crippen LogP contribution in [0.1, 0.15) is 38.3 Å². The first kappa shape index (κ1) is 26.8. The summed E-state index contributed by atoms with van der Waals surface area (Å²) in [6, 6.07) is 7.95. The third kappa shape index (κ3) is 6.32. The fraction of sp³-hybridized carbons (Fsp3) is 0.138. The molecule has 35 heavy (non-hydrogen) atoms. The van der Waals surface area contributed by atoms with Gasteiger partial charge in [0.2, 0.25) is 0 Å². The van der Waals surface area contributed by atoms with Crippen LogP contribution in [0, 0.1) is 0 Å². The van der Waals surface area contributed by atoms with E-state index in [0.717, 1.165) is 0 Å². The SMILES string of the molecule is C=Cc1c(OC(=O)C(=C)C)ccc(-c2ccc(OC(=O)C(=C)C)cc2OC(=O)C(=C)CC)c1C=C. The standard InChI is InChI=1S/C29H28O6/c1-9-19(8)29(32)35-26-16-20(33-27(30)17(4)5)12-13-24(26)23-14-15-25(34-28(31)18(6)7)22(11-3)21(23)10-2/h10-16H,2-4,6,8-9H2,1,5,7H3. The molecule has 0 spiro atoms. The monoisotopic (exact) mass is 472 g/mol. The largest absolute Gasteiger partial charge is 0.423 e. The Balaban J connectivity index is 2.69. The molecule has 0 saturated carbocycles. The lowest BCUT2D eigenvalue weighted by Crippen LogP contribution is -2.12. The highest BCUT2D eigenvalue weighted by molar-refractivity contribution is 5.94. The quantitative estimate of drug-likeness (QED) is 0.224. The molecule has 2 aromatic rings. The molecule has 0 N–H and O–H groups in total. The third-order valence-corrected chi connectivity index (χ3v) is 4.93. The maximum Gasteiger partial charge on any atom is 0.338 e. The van der Waals surface area contributed by atoms with Crippen LogP contribution in [-0.4, -0.2) is 17.9 Å². The van der Waals surface area contributed by atoms with E-state index in [2.05, 4.69) is 32.9 Å². The van der Waals surface area contributed by atoms with Gasteiger partial charge in [0.15, 0.2) is 0 Å². The summed E-state index contributed by atoms with van der Waals surface area (Å²) < 4.78 is 16.4. The maximum atomic E-state index is 12.5. The molecule has 0 saturated heterocycles. The van der Waals surface area contributed by atoms with Gasteiger partial charge < -0.3 is 14.2 Å². The first-order chi connectivity index (χ1) is 16.5. The topological polar surface area (TPSA) is 78.9 Å². The molecule has 0 aliphatic carbocycles. The Kier molecular flexibility index (Phi) is 8.89. The molecule has 0 aliphatic rings. The van der Waals surface area contributed by atoms with Crippen molar-refractivity contribution in [2.45, 2.75) is 27.2 Å². The molecule has 180 valence electrons. The van der Waals surface area contributed by atoms with Crippen LogP contribution in [0.5, 0.6) is 17.2 Å². The van der Waals surface area contributed by atoms with E-state index < -0.39 is 17.9 Å². The van der Waals surface area contributed by atoms with Gasteiger partial charge in [-0.25, -0.2) is 14.4 Å². The van der Waals surface area contributed by atoms with Crippen LogP contribution in [0.4, 0.5) is 0 Å². The lowest BCUT2D eigenvalue weighted by molar-refractivity contribution is -0.131. The van der Waals surface area contributed by atoms with Crippen LogP contribution < -0.4 is 14.2 Å². The molecule has 0 aromatic heterocycles. The Hall–Kier alpha value is -4.45. The predicted octanol–water partition coefficient (Wildman–Crippen LogP) is 6.47. The highest BCUT2D eigenvalue weighted by atomic mass is 16.5. The van der Waals surface area contributed by atoms with Crippen molar-refractivity contribution < 1.29 is 28.6 Å². The van der Waals surface area contributed by atoms with E-state index in [1.165, 1.54) is 19.1 Å². The van der Waals surface area contributed by atoms with Crippen LogP contribution in [0.2, 0.25) is 0 Å². The Morgan fingerprint density at radius 2 is 1.29 bits per heavy atom. The number of esters is 3. The molecule has 0 unspecified atom stereocenters. The fourth-order valence-electron chi connectivity index (χ4n) is 2.94. The Morgan fingerprint density at radius 3 is 1.83 bits per heavy atom. The Bertz CT molecular complexity index is 1260. The minimum absolute atomic E-state index is 0.140. The number of rotatable bonds is 10. The second-order valence-electron chi connectivity index (χ2n) is 7.69. The molecule has 6 heteroatoms. The minimum atomic E-state index is -0.617. The van der Waals surface area contributed by atoms with E-state index in [0.29, 0.717) is 28.7 Å². The number of ether oxygens (including phenoxy) is 3. The smallest absolute Gasteiger partial charge is 0.338 e. The molecule has 2 rings (SSSR count).